The average molecular weight is 426 g/mol. The number of nitrogens with zero attached hydrogens (tertiary/aromatic N) is 4. The fraction of sp³-hybridized carbons (Fsp3) is 0.100. The SMILES string of the molecule is N=C(c1ccnc2nc(CNCc3cccnc3)[nH]c12)N(O)c1ccc(F)c(Cl)c1. The molecule has 4 aromatic rings. The molecule has 10 heteroatoms. The molecule has 3 heterocycles. The van der Waals surface area contributed by atoms with Crippen LogP contribution in [0.25, 0.3) is 11.2 Å². The molecule has 0 saturated carbocycles. The predicted molar refractivity (Wildman–Crippen MR) is 111 cm³/mol. The van der Waals surface area contributed by atoms with Crippen molar-refractivity contribution in [3.63, 3.8) is 0 Å². The first-order chi connectivity index (χ1) is 14.5. The van der Waals surface area contributed by atoms with Crippen LogP contribution in [-0.4, -0.2) is 31.0 Å². The number of amidine groups is 1. The van der Waals surface area contributed by atoms with Crippen LogP contribution >= 0.6 is 11.6 Å². The molecule has 4 rings (SSSR count). The van der Waals surface area contributed by atoms with E-state index in [0.29, 0.717) is 40.7 Å². The summed E-state index contributed by atoms with van der Waals surface area (Å²) in [6, 6.07) is 9.12. The van der Waals surface area contributed by atoms with Crippen LogP contribution in [0.2, 0.25) is 5.02 Å². The maximum Gasteiger partial charge on any atom is 0.178 e. The molecular formula is C20H17ClFN7O. The third kappa shape index (κ3) is 4.13. The number of aromatic amines is 1. The minimum atomic E-state index is -0.608. The summed E-state index contributed by atoms with van der Waals surface area (Å²) < 4.78 is 13.4. The van der Waals surface area contributed by atoms with Crippen LogP contribution in [-0.2, 0) is 13.1 Å². The van der Waals surface area contributed by atoms with Crippen molar-refractivity contribution >= 4 is 34.3 Å². The number of pyridine rings is 2. The minimum absolute atomic E-state index is 0.150. The summed E-state index contributed by atoms with van der Waals surface area (Å²) in [6.45, 7) is 1.07. The third-order valence-electron chi connectivity index (χ3n) is 4.40. The van der Waals surface area contributed by atoms with Gasteiger partial charge in [0.2, 0.25) is 0 Å². The van der Waals surface area contributed by atoms with Gasteiger partial charge in [-0.15, -0.1) is 0 Å². The first-order valence-corrected chi connectivity index (χ1v) is 9.37. The Balaban J connectivity index is 1.54. The largest absolute Gasteiger partial charge is 0.339 e. The number of aromatic nitrogens is 4. The van der Waals surface area contributed by atoms with Gasteiger partial charge in [0.25, 0.3) is 0 Å². The highest BCUT2D eigenvalue weighted by Gasteiger charge is 2.18. The Morgan fingerprint density at radius 2 is 2.10 bits per heavy atom. The Morgan fingerprint density at radius 3 is 2.87 bits per heavy atom. The quantitative estimate of drug-likeness (QED) is 0.213. The number of fused-ring (bicyclic) bond motifs is 1. The smallest absolute Gasteiger partial charge is 0.178 e. The van der Waals surface area contributed by atoms with Crippen molar-refractivity contribution in [3.8, 4) is 0 Å². The highest BCUT2D eigenvalue weighted by atomic mass is 35.5. The Morgan fingerprint density at radius 1 is 1.23 bits per heavy atom. The number of anilines is 1. The van der Waals surface area contributed by atoms with E-state index in [1.807, 2.05) is 12.1 Å². The number of rotatable bonds is 6. The second-order valence-electron chi connectivity index (χ2n) is 6.46. The molecule has 0 saturated heterocycles. The van der Waals surface area contributed by atoms with E-state index in [1.165, 1.54) is 18.3 Å². The molecule has 152 valence electrons. The first kappa shape index (κ1) is 19.9. The van der Waals surface area contributed by atoms with Crippen LogP contribution in [0.1, 0.15) is 17.0 Å². The van der Waals surface area contributed by atoms with E-state index in [9.17, 15) is 9.60 Å². The summed E-state index contributed by atoms with van der Waals surface area (Å²) in [6.07, 6.45) is 5.00. The first-order valence-electron chi connectivity index (χ1n) is 8.99. The van der Waals surface area contributed by atoms with Gasteiger partial charge in [-0.3, -0.25) is 15.6 Å². The van der Waals surface area contributed by atoms with Gasteiger partial charge in [-0.1, -0.05) is 17.7 Å². The van der Waals surface area contributed by atoms with Crippen molar-refractivity contribution in [2.75, 3.05) is 5.06 Å². The number of hydrogen-bond donors (Lipinski definition) is 4. The monoisotopic (exact) mass is 425 g/mol. The molecule has 0 aliphatic heterocycles. The van der Waals surface area contributed by atoms with Crippen molar-refractivity contribution in [2.45, 2.75) is 13.1 Å². The van der Waals surface area contributed by atoms with Crippen molar-refractivity contribution in [3.05, 3.63) is 82.8 Å². The maximum atomic E-state index is 13.4. The lowest BCUT2D eigenvalue weighted by atomic mass is 10.2. The zero-order chi connectivity index (χ0) is 21.1. The molecule has 4 N–H and O–H groups in total. The number of hydrogen-bond acceptors (Lipinski definition) is 6. The lowest BCUT2D eigenvalue weighted by Gasteiger charge is -2.18. The number of halogens is 2. The molecule has 30 heavy (non-hydrogen) atoms. The van der Waals surface area contributed by atoms with Crippen LogP contribution in [0.3, 0.4) is 0 Å². The second kappa shape index (κ2) is 8.54. The molecule has 3 aromatic heterocycles. The van der Waals surface area contributed by atoms with Crippen LogP contribution < -0.4 is 10.4 Å². The number of hydroxylamine groups is 1. The Bertz CT molecular complexity index is 1200. The molecule has 0 unspecified atom stereocenters. The summed E-state index contributed by atoms with van der Waals surface area (Å²) in [4.78, 5) is 15.9. The van der Waals surface area contributed by atoms with Gasteiger partial charge in [0.05, 0.1) is 22.8 Å². The lowest BCUT2D eigenvalue weighted by Crippen LogP contribution is -2.27. The average Bonchev–Trinajstić information content (AvgIpc) is 3.18. The highest BCUT2D eigenvalue weighted by Crippen LogP contribution is 2.24. The fourth-order valence-electron chi connectivity index (χ4n) is 2.93. The van der Waals surface area contributed by atoms with Crippen molar-refractivity contribution in [1.29, 1.82) is 5.41 Å². The molecule has 0 bridgehead atoms. The molecule has 0 amide bonds. The van der Waals surface area contributed by atoms with E-state index in [1.54, 1.807) is 18.5 Å². The van der Waals surface area contributed by atoms with Gasteiger partial charge in [-0.25, -0.2) is 19.4 Å². The molecule has 0 atom stereocenters. The van der Waals surface area contributed by atoms with E-state index >= 15 is 0 Å². The summed E-state index contributed by atoms with van der Waals surface area (Å²) >= 11 is 5.78. The normalized spacial score (nSPS) is 11.0. The molecule has 8 nitrogen and oxygen atoms in total. The molecule has 0 spiro atoms. The molecule has 0 fully saturated rings. The Hall–Kier alpha value is -3.40. The molecule has 0 aliphatic carbocycles. The lowest BCUT2D eigenvalue weighted by molar-refractivity contribution is 0.312. The topological polar surface area (TPSA) is 114 Å². The predicted octanol–water partition coefficient (Wildman–Crippen LogP) is 3.66. The van der Waals surface area contributed by atoms with Gasteiger partial charge in [0.1, 0.15) is 11.6 Å². The summed E-state index contributed by atoms with van der Waals surface area (Å²) in [5.74, 6) is -0.205. The van der Waals surface area contributed by atoms with Crippen LogP contribution in [0.5, 0.6) is 0 Å². The Kier molecular flexibility index (Phi) is 5.66. The number of nitrogens with one attached hydrogen (secondary N) is 3. The molecule has 0 aliphatic rings. The van der Waals surface area contributed by atoms with Crippen LogP contribution in [0.4, 0.5) is 10.1 Å². The highest BCUT2D eigenvalue weighted by molar-refractivity contribution is 6.31. The van der Waals surface area contributed by atoms with Gasteiger partial charge in [-0.05, 0) is 35.9 Å². The van der Waals surface area contributed by atoms with Crippen molar-refractivity contribution in [2.24, 2.45) is 0 Å². The van der Waals surface area contributed by atoms with E-state index in [2.05, 4.69) is 25.3 Å². The Labute approximate surface area is 175 Å². The molecule has 1 aromatic carbocycles. The number of imidazole rings is 1. The van der Waals surface area contributed by atoms with Crippen molar-refractivity contribution < 1.29 is 9.60 Å². The summed E-state index contributed by atoms with van der Waals surface area (Å²) in [5, 5.41) is 22.6. The molecule has 0 radical (unpaired) electrons. The van der Waals surface area contributed by atoms with Gasteiger partial charge >= 0.3 is 0 Å². The zero-order valence-corrected chi connectivity index (χ0v) is 16.4. The maximum absolute atomic E-state index is 13.4. The van der Waals surface area contributed by atoms with Gasteiger partial charge in [0, 0.05) is 30.7 Å². The van der Waals surface area contributed by atoms with E-state index < -0.39 is 5.82 Å². The zero-order valence-electron chi connectivity index (χ0n) is 15.6. The van der Waals surface area contributed by atoms with Gasteiger partial charge in [0.15, 0.2) is 11.5 Å². The van der Waals surface area contributed by atoms with E-state index in [0.717, 1.165) is 11.6 Å². The van der Waals surface area contributed by atoms with E-state index in [-0.39, 0.29) is 16.5 Å². The molecular weight excluding hydrogens is 409 g/mol. The fourth-order valence-corrected chi connectivity index (χ4v) is 3.10. The van der Waals surface area contributed by atoms with E-state index in [4.69, 9.17) is 17.0 Å². The minimum Gasteiger partial charge on any atom is -0.339 e. The number of benzene rings is 1. The summed E-state index contributed by atoms with van der Waals surface area (Å²) in [7, 11) is 0. The summed E-state index contributed by atoms with van der Waals surface area (Å²) in [5.41, 5.74) is 2.51. The van der Waals surface area contributed by atoms with Crippen LogP contribution in [0, 0.1) is 11.2 Å². The van der Waals surface area contributed by atoms with Crippen molar-refractivity contribution in [1.82, 2.24) is 25.3 Å². The van der Waals surface area contributed by atoms with Gasteiger partial charge in [-0.2, -0.15) is 0 Å². The number of H-pyrrole nitrogens is 1. The van der Waals surface area contributed by atoms with Crippen LogP contribution in [0.15, 0.2) is 55.0 Å². The third-order valence-corrected chi connectivity index (χ3v) is 4.69. The second-order valence-corrected chi connectivity index (χ2v) is 6.87. The standard InChI is InChI=1S/C20H17ClFN7O/c21-15-8-13(3-4-16(15)22)29(30)19(23)14-5-7-26-20-18(14)27-17(28-20)11-25-10-12-2-1-6-24-9-12/h1-9,23,25,30H,10-11H2,(H,26,27,28). The van der Waals surface area contributed by atoms with Gasteiger partial charge < -0.3 is 10.3 Å².